The lowest BCUT2D eigenvalue weighted by atomic mass is 10.1. The lowest BCUT2D eigenvalue weighted by molar-refractivity contribution is 0.100. The molecule has 1 radical (unpaired) electrons. The molecule has 1 aromatic heterocycles. The van der Waals surface area contributed by atoms with E-state index in [1.807, 2.05) is 13.0 Å². The van der Waals surface area contributed by atoms with E-state index in [1.165, 1.54) is 0 Å². The van der Waals surface area contributed by atoms with Crippen LogP contribution >= 0.6 is 0 Å². The third-order valence-electron chi connectivity index (χ3n) is 2.24. The molecule has 1 heterocycles. The molecule has 0 saturated carbocycles. The van der Waals surface area contributed by atoms with Crippen molar-refractivity contribution in [3.8, 4) is 0 Å². The summed E-state index contributed by atoms with van der Waals surface area (Å²) in [5.74, 6) is 0.336. The molecular weight excluding hydrogens is 230 g/mol. The van der Waals surface area contributed by atoms with Gasteiger partial charge in [-0.15, -0.1) is 10.2 Å². The van der Waals surface area contributed by atoms with E-state index >= 15 is 0 Å². The monoisotopic (exact) mass is 244 g/mol. The van der Waals surface area contributed by atoms with Crippen molar-refractivity contribution in [3.05, 3.63) is 48.5 Å². The quantitative estimate of drug-likeness (QED) is 0.849. The zero-order valence-electron chi connectivity index (χ0n) is 10.1. The highest BCUT2D eigenvalue weighted by atomic mass is 16.2. The van der Waals surface area contributed by atoms with Gasteiger partial charge in [0.25, 0.3) is 5.91 Å². The van der Waals surface area contributed by atoms with Gasteiger partial charge in [0.05, 0.1) is 6.20 Å². The molecule has 0 spiro atoms. The molecule has 6 nitrogen and oxygen atoms in total. The predicted octanol–water partition coefficient (Wildman–Crippen LogP) is 1.28. The second kappa shape index (κ2) is 5.31. The first-order valence-corrected chi connectivity index (χ1v) is 5.58. The Hall–Kier alpha value is -2.37. The van der Waals surface area contributed by atoms with Crippen molar-refractivity contribution in [2.24, 2.45) is 0 Å². The molecule has 0 bridgehead atoms. The first-order valence-electron chi connectivity index (χ1n) is 5.58. The Bertz CT molecular complexity index is 549. The summed E-state index contributed by atoms with van der Waals surface area (Å²) in [6.07, 6.45) is 1.54. The van der Waals surface area contributed by atoms with Gasteiger partial charge in [0, 0.05) is 12.1 Å². The summed E-state index contributed by atoms with van der Waals surface area (Å²) in [5.41, 5.74) is 3.85. The molecule has 93 valence electrons. The lowest BCUT2D eigenvalue weighted by Crippen LogP contribution is -2.25. The molecule has 6 heteroatoms. The fourth-order valence-electron chi connectivity index (χ4n) is 1.45. The van der Waals surface area contributed by atoms with Crippen molar-refractivity contribution in [3.63, 3.8) is 0 Å². The summed E-state index contributed by atoms with van der Waals surface area (Å²) in [4.78, 5) is 13.0. The van der Waals surface area contributed by atoms with Crippen LogP contribution in [0.4, 0.5) is 5.82 Å². The molecule has 1 aromatic carbocycles. The Labute approximate surface area is 105 Å². The highest BCUT2D eigenvalue weighted by Crippen LogP contribution is 2.04. The highest BCUT2D eigenvalue weighted by molar-refractivity contribution is 5.99. The van der Waals surface area contributed by atoms with Gasteiger partial charge in [0.1, 0.15) is 0 Å². The van der Waals surface area contributed by atoms with Crippen LogP contribution in [0.1, 0.15) is 22.8 Å². The SMILES string of the molecule is [CH2]c1cccc(C(=O)Nn2ncc(NCC)n2)c1. The number of anilines is 1. The smallest absolute Gasteiger partial charge is 0.272 e. The first-order chi connectivity index (χ1) is 8.69. The summed E-state index contributed by atoms with van der Waals surface area (Å²) in [6.45, 7) is 6.47. The average Bonchev–Trinajstić information content (AvgIpc) is 2.77. The fourth-order valence-corrected chi connectivity index (χ4v) is 1.45. The Balaban J connectivity index is 2.06. The van der Waals surface area contributed by atoms with Gasteiger partial charge >= 0.3 is 0 Å². The van der Waals surface area contributed by atoms with E-state index in [2.05, 4.69) is 27.9 Å². The van der Waals surface area contributed by atoms with Gasteiger partial charge in [0.2, 0.25) is 0 Å². The van der Waals surface area contributed by atoms with E-state index in [0.717, 1.165) is 17.0 Å². The van der Waals surface area contributed by atoms with Crippen molar-refractivity contribution < 1.29 is 4.79 Å². The highest BCUT2D eigenvalue weighted by Gasteiger charge is 2.07. The van der Waals surface area contributed by atoms with Crippen LogP contribution in [0.25, 0.3) is 0 Å². The van der Waals surface area contributed by atoms with Gasteiger partial charge in [-0.25, -0.2) is 5.43 Å². The van der Waals surface area contributed by atoms with Crippen LogP contribution in [0, 0.1) is 6.92 Å². The van der Waals surface area contributed by atoms with E-state index < -0.39 is 0 Å². The van der Waals surface area contributed by atoms with Crippen molar-refractivity contribution in [2.75, 3.05) is 17.3 Å². The second-order valence-electron chi connectivity index (χ2n) is 3.69. The molecule has 0 fully saturated rings. The van der Waals surface area contributed by atoms with Crippen molar-refractivity contribution >= 4 is 11.7 Å². The van der Waals surface area contributed by atoms with E-state index in [1.54, 1.807) is 24.4 Å². The fraction of sp³-hybridized carbons (Fsp3) is 0.167. The lowest BCUT2D eigenvalue weighted by Gasteiger charge is -2.03. The zero-order chi connectivity index (χ0) is 13.0. The molecule has 0 atom stereocenters. The molecule has 2 aromatic rings. The van der Waals surface area contributed by atoms with E-state index in [0.29, 0.717) is 11.4 Å². The number of benzene rings is 1. The molecule has 2 N–H and O–H groups in total. The van der Waals surface area contributed by atoms with Crippen molar-refractivity contribution in [1.29, 1.82) is 0 Å². The number of carbonyl (C=O) groups excluding carboxylic acids is 1. The van der Waals surface area contributed by atoms with Crippen molar-refractivity contribution in [1.82, 2.24) is 15.1 Å². The summed E-state index contributed by atoms with van der Waals surface area (Å²) in [5, 5.41) is 10.9. The Morgan fingerprint density at radius 3 is 3.06 bits per heavy atom. The van der Waals surface area contributed by atoms with Gasteiger partial charge in [-0.3, -0.25) is 4.79 Å². The number of nitrogens with zero attached hydrogens (tertiary/aromatic N) is 3. The largest absolute Gasteiger partial charge is 0.367 e. The van der Waals surface area contributed by atoms with Gasteiger partial charge in [0.15, 0.2) is 5.82 Å². The zero-order valence-corrected chi connectivity index (χ0v) is 10.1. The standard InChI is InChI=1S/C12H14N5O/c1-3-13-11-8-14-17(15-11)16-12(18)10-6-4-5-9(2)7-10/h4-8H,2-3H2,1H3,(H,13,15)(H,16,18). The van der Waals surface area contributed by atoms with E-state index in [-0.39, 0.29) is 5.91 Å². The summed E-state index contributed by atoms with van der Waals surface area (Å²) >= 11 is 0. The summed E-state index contributed by atoms with van der Waals surface area (Å²) < 4.78 is 0. The summed E-state index contributed by atoms with van der Waals surface area (Å²) in [7, 11) is 0. The van der Waals surface area contributed by atoms with Crippen LogP contribution in [-0.4, -0.2) is 27.6 Å². The minimum absolute atomic E-state index is 0.279. The molecule has 18 heavy (non-hydrogen) atoms. The van der Waals surface area contributed by atoms with Crippen LogP contribution in [0.5, 0.6) is 0 Å². The number of nitrogens with one attached hydrogen (secondary N) is 2. The van der Waals surface area contributed by atoms with E-state index in [4.69, 9.17) is 0 Å². The maximum atomic E-state index is 11.9. The maximum Gasteiger partial charge on any atom is 0.272 e. The Morgan fingerprint density at radius 1 is 1.50 bits per heavy atom. The maximum absolute atomic E-state index is 11.9. The first kappa shape index (κ1) is 12.1. The van der Waals surface area contributed by atoms with Gasteiger partial charge in [-0.1, -0.05) is 17.0 Å². The summed E-state index contributed by atoms with van der Waals surface area (Å²) in [6, 6.07) is 7.01. The minimum Gasteiger partial charge on any atom is -0.367 e. The van der Waals surface area contributed by atoms with Crippen molar-refractivity contribution in [2.45, 2.75) is 6.92 Å². The predicted molar refractivity (Wildman–Crippen MR) is 68.8 cm³/mol. The molecule has 0 aliphatic heterocycles. The van der Waals surface area contributed by atoms with Crippen LogP contribution in [0.2, 0.25) is 0 Å². The van der Waals surface area contributed by atoms with Gasteiger partial charge in [-0.05, 0) is 31.5 Å². The van der Waals surface area contributed by atoms with Crippen LogP contribution < -0.4 is 10.7 Å². The van der Waals surface area contributed by atoms with Crippen LogP contribution in [-0.2, 0) is 0 Å². The number of amides is 1. The average molecular weight is 244 g/mol. The number of hydrogen-bond acceptors (Lipinski definition) is 4. The third kappa shape index (κ3) is 2.85. The molecule has 0 unspecified atom stereocenters. The van der Waals surface area contributed by atoms with Gasteiger partial charge in [-0.2, -0.15) is 0 Å². The van der Waals surface area contributed by atoms with E-state index in [9.17, 15) is 4.79 Å². The minimum atomic E-state index is -0.279. The van der Waals surface area contributed by atoms with Crippen LogP contribution in [0.3, 0.4) is 0 Å². The molecule has 2 rings (SSSR count). The number of hydrogen-bond donors (Lipinski definition) is 2. The Morgan fingerprint density at radius 2 is 2.33 bits per heavy atom. The second-order valence-corrected chi connectivity index (χ2v) is 3.69. The molecule has 0 aliphatic carbocycles. The molecular formula is C12H14N5O. The third-order valence-corrected chi connectivity index (χ3v) is 2.24. The number of rotatable bonds is 4. The van der Waals surface area contributed by atoms with Crippen LogP contribution in [0.15, 0.2) is 30.5 Å². The Kier molecular flexibility index (Phi) is 3.57. The number of aromatic nitrogens is 3. The molecule has 0 saturated heterocycles. The molecule has 1 amide bonds. The van der Waals surface area contributed by atoms with Gasteiger partial charge < -0.3 is 5.32 Å². The molecule has 0 aliphatic rings. The normalized spacial score (nSPS) is 10.1. The number of carbonyl (C=O) groups is 1. The topological polar surface area (TPSA) is 71.8 Å².